The Balaban J connectivity index is 1.66. The van der Waals surface area contributed by atoms with E-state index in [9.17, 15) is 19.7 Å². The fraction of sp³-hybridized carbons (Fsp3) is 0.333. The van der Waals surface area contributed by atoms with Gasteiger partial charge in [-0.15, -0.1) is 0 Å². The van der Waals surface area contributed by atoms with Crippen molar-refractivity contribution in [3.05, 3.63) is 45.5 Å². The molecule has 2 atom stereocenters. The molecule has 7 nitrogen and oxygen atoms in total. The molecule has 0 saturated carbocycles. The molecular weight excluding hydrogens is 322 g/mol. The van der Waals surface area contributed by atoms with E-state index in [-0.39, 0.29) is 36.0 Å². The lowest BCUT2D eigenvalue weighted by Crippen LogP contribution is -2.35. The van der Waals surface area contributed by atoms with Gasteiger partial charge in [0, 0.05) is 22.9 Å². The van der Waals surface area contributed by atoms with Gasteiger partial charge in [0.2, 0.25) is 11.8 Å². The molecule has 3 rings (SSSR count). The molecule has 0 bridgehead atoms. The number of non-ortho nitro benzene ring substituents is 1. The number of hydrogen-bond donors (Lipinski definition) is 1. The zero-order valence-electron chi connectivity index (χ0n) is 12.1. The van der Waals surface area contributed by atoms with Crippen molar-refractivity contribution in [1.29, 1.82) is 0 Å². The third-order valence-electron chi connectivity index (χ3n) is 4.18. The van der Waals surface area contributed by atoms with E-state index in [0.29, 0.717) is 23.6 Å². The summed E-state index contributed by atoms with van der Waals surface area (Å²) < 4.78 is 0. The minimum absolute atomic E-state index is 0.0180. The number of nitro groups is 1. The lowest BCUT2D eigenvalue weighted by molar-refractivity contribution is -0.384. The summed E-state index contributed by atoms with van der Waals surface area (Å²) in [6, 6.07) is 5.79. The number of allylic oxidation sites excluding steroid dienone is 2. The van der Waals surface area contributed by atoms with Crippen molar-refractivity contribution in [1.82, 2.24) is 4.90 Å². The van der Waals surface area contributed by atoms with Crippen LogP contribution in [0.15, 0.2) is 35.4 Å². The summed E-state index contributed by atoms with van der Waals surface area (Å²) in [5.74, 6) is -1.13. The highest BCUT2D eigenvalue weighted by molar-refractivity contribution is 6.30. The van der Waals surface area contributed by atoms with Crippen LogP contribution in [0.1, 0.15) is 12.8 Å². The van der Waals surface area contributed by atoms with Crippen LogP contribution in [0.5, 0.6) is 0 Å². The summed E-state index contributed by atoms with van der Waals surface area (Å²) >= 11 is 5.97. The number of halogens is 1. The van der Waals surface area contributed by atoms with E-state index in [4.69, 9.17) is 11.6 Å². The number of rotatable bonds is 4. The molecule has 0 unspecified atom stereocenters. The quantitative estimate of drug-likeness (QED) is 0.518. The number of likely N-dealkylation sites (tertiary alicyclic amines) is 1. The van der Waals surface area contributed by atoms with Gasteiger partial charge >= 0.3 is 0 Å². The molecule has 2 amide bonds. The molecule has 23 heavy (non-hydrogen) atoms. The number of benzene rings is 1. The Hall–Kier alpha value is -2.41. The Morgan fingerprint density at radius 2 is 1.87 bits per heavy atom. The summed E-state index contributed by atoms with van der Waals surface area (Å²) in [4.78, 5) is 36.0. The maximum Gasteiger partial charge on any atom is 0.269 e. The summed E-state index contributed by atoms with van der Waals surface area (Å²) in [6.07, 6.45) is 2.69. The number of amides is 2. The fourth-order valence-electron chi connectivity index (χ4n) is 2.92. The van der Waals surface area contributed by atoms with Crippen molar-refractivity contribution in [2.24, 2.45) is 11.8 Å². The highest BCUT2D eigenvalue weighted by atomic mass is 35.5. The van der Waals surface area contributed by atoms with E-state index in [1.165, 1.54) is 29.2 Å². The largest absolute Gasteiger partial charge is 0.367 e. The van der Waals surface area contributed by atoms with E-state index >= 15 is 0 Å². The summed E-state index contributed by atoms with van der Waals surface area (Å²) in [7, 11) is 0. The maximum absolute atomic E-state index is 12.4. The van der Waals surface area contributed by atoms with Crippen LogP contribution in [-0.4, -0.2) is 28.3 Å². The van der Waals surface area contributed by atoms with E-state index in [1.54, 1.807) is 6.08 Å². The molecule has 1 aromatic rings. The Kier molecular flexibility index (Phi) is 4.04. The molecule has 1 saturated heterocycles. The van der Waals surface area contributed by atoms with Crippen LogP contribution in [0.2, 0.25) is 0 Å². The second-order valence-electron chi connectivity index (χ2n) is 5.55. The molecular formula is C15H14ClN3O4. The topological polar surface area (TPSA) is 92.6 Å². The van der Waals surface area contributed by atoms with Crippen LogP contribution in [0.4, 0.5) is 11.4 Å². The monoisotopic (exact) mass is 335 g/mol. The van der Waals surface area contributed by atoms with Crippen molar-refractivity contribution in [3.63, 3.8) is 0 Å². The first kappa shape index (κ1) is 15.5. The first-order valence-corrected chi connectivity index (χ1v) is 7.53. The van der Waals surface area contributed by atoms with Crippen LogP contribution < -0.4 is 5.32 Å². The lowest BCUT2D eigenvalue weighted by atomic mass is 9.85. The predicted octanol–water partition coefficient (Wildman–Crippen LogP) is 2.48. The van der Waals surface area contributed by atoms with Gasteiger partial charge in [0.15, 0.2) is 0 Å². The average molecular weight is 336 g/mol. The average Bonchev–Trinajstić information content (AvgIpc) is 2.77. The SMILES string of the molecule is O=C1[C@H]2CC(Cl)=CC[C@H]2C(=O)N1CNc1ccc([N+](=O)[O-])cc1. The Morgan fingerprint density at radius 1 is 1.22 bits per heavy atom. The minimum atomic E-state index is -0.487. The van der Waals surface area contributed by atoms with Gasteiger partial charge in [0.1, 0.15) is 0 Å². The van der Waals surface area contributed by atoms with Crippen molar-refractivity contribution >= 4 is 34.8 Å². The Morgan fingerprint density at radius 3 is 2.52 bits per heavy atom. The predicted molar refractivity (Wildman–Crippen MR) is 83.6 cm³/mol. The van der Waals surface area contributed by atoms with Crippen LogP contribution in [-0.2, 0) is 9.59 Å². The number of carbonyl (C=O) groups excluding carboxylic acids is 2. The first-order valence-electron chi connectivity index (χ1n) is 7.15. The molecule has 1 aliphatic heterocycles. The summed E-state index contributed by atoms with van der Waals surface area (Å²) in [6.45, 7) is 0.0418. The first-order chi connectivity index (χ1) is 11.0. The van der Waals surface area contributed by atoms with Crippen LogP contribution in [0.25, 0.3) is 0 Å². The minimum Gasteiger partial charge on any atom is -0.367 e. The maximum atomic E-state index is 12.4. The normalized spacial score (nSPS) is 23.5. The standard InChI is InChI=1S/C15H14ClN3O4/c16-9-1-6-12-13(7-9)15(21)18(14(12)20)8-17-10-2-4-11(5-3-10)19(22)23/h1-5,12-13,17H,6-8H2/t12-,13+/m1/s1. The van der Waals surface area contributed by atoms with Gasteiger partial charge in [-0.25, -0.2) is 0 Å². The van der Waals surface area contributed by atoms with Gasteiger partial charge in [-0.2, -0.15) is 0 Å². The van der Waals surface area contributed by atoms with Gasteiger partial charge in [0.05, 0.1) is 23.4 Å². The van der Waals surface area contributed by atoms with Gasteiger partial charge in [0.25, 0.3) is 5.69 Å². The summed E-state index contributed by atoms with van der Waals surface area (Å²) in [5, 5.41) is 14.2. The zero-order chi connectivity index (χ0) is 16.6. The second-order valence-corrected chi connectivity index (χ2v) is 6.03. The Bertz CT molecular complexity index is 701. The molecule has 0 spiro atoms. The summed E-state index contributed by atoms with van der Waals surface area (Å²) in [5.41, 5.74) is 0.581. The number of nitro benzene ring substituents is 1. The number of nitrogens with zero attached hydrogens (tertiary/aromatic N) is 2. The number of imide groups is 1. The molecule has 1 fully saturated rings. The number of anilines is 1. The van der Waals surface area contributed by atoms with Crippen molar-refractivity contribution in [3.8, 4) is 0 Å². The molecule has 120 valence electrons. The van der Waals surface area contributed by atoms with E-state index in [0.717, 1.165) is 0 Å². The van der Waals surface area contributed by atoms with E-state index in [2.05, 4.69) is 5.32 Å². The number of nitrogens with one attached hydrogen (secondary N) is 1. The molecule has 2 aliphatic rings. The zero-order valence-corrected chi connectivity index (χ0v) is 12.8. The molecule has 1 aromatic carbocycles. The molecule has 1 aliphatic carbocycles. The van der Waals surface area contributed by atoms with Gasteiger partial charge in [-0.1, -0.05) is 17.7 Å². The number of hydrogen-bond acceptors (Lipinski definition) is 5. The van der Waals surface area contributed by atoms with E-state index < -0.39 is 4.92 Å². The van der Waals surface area contributed by atoms with Crippen LogP contribution >= 0.6 is 11.6 Å². The molecule has 1 N–H and O–H groups in total. The van der Waals surface area contributed by atoms with Crippen molar-refractivity contribution < 1.29 is 14.5 Å². The van der Waals surface area contributed by atoms with Crippen LogP contribution in [0, 0.1) is 22.0 Å². The lowest BCUT2D eigenvalue weighted by Gasteiger charge is -2.17. The Labute approximate surface area is 137 Å². The van der Waals surface area contributed by atoms with E-state index in [1.807, 2.05) is 0 Å². The van der Waals surface area contributed by atoms with Gasteiger partial charge in [-0.3, -0.25) is 24.6 Å². The molecule has 0 aromatic heterocycles. The second kappa shape index (κ2) is 6.00. The van der Waals surface area contributed by atoms with Gasteiger partial charge < -0.3 is 5.32 Å². The fourth-order valence-corrected chi connectivity index (χ4v) is 3.18. The van der Waals surface area contributed by atoms with Crippen molar-refractivity contribution in [2.75, 3.05) is 12.0 Å². The third kappa shape index (κ3) is 2.92. The highest BCUT2D eigenvalue weighted by Crippen LogP contribution is 2.38. The smallest absolute Gasteiger partial charge is 0.269 e. The molecule has 0 radical (unpaired) electrons. The number of carbonyl (C=O) groups is 2. The highest BCUT2D eigenvalue weighted by Gasteiger charge is 2.48. The van der Waals surface area contributed by atoms with Crippen molar-refractivity contribution in [2.45, 2.75) is 12.8 Å². The van der Waals surface area contributed by atoms with Crippen LogP contribution in [0.3, 0.4) is 0 Å². The van der Waals surface area contributed by atoms with Gasteiger partial charge in [-0.05, 0) is 25.0 Å². The third-order valence-corrected chi connectivity index (χ3v) is 4.49. The number of fused-ring (bicyclic) bond motifs is 1. The molecule has 8 heteroatoms. The molecule has 1 heterocycles.